The first-order valence-corrected chi connectivity index (χ1v) is 7.55. The molecule has 0 rings (SSSR count). The molecule has 5 nitrogen and oxygen atoms in total. The number of allylic oxidation sites excluding steroid dienone is 2. The third-order valence-electron chi connectivity index (χ3n) is 2.21. The SMILES string of the molecule is CC(C)=CC(C(=O)NC(C)(C)CS(=O)(=O)O)=C(C)C. The molecule has 0 radical (unpaired) electrons. The van der Waals surface area contributed by atoms with Gasteiger partial charge in [0.2, 0.25) is 0 Å². The van der Waals surface area contributed by atoms with Crippen molar-refractivity contribution >= 4 is 16.0 Å². The van der Waals surface area contributed by atoms with Crippen LogP contribution in [0.25, 0.3) is 0 Å². The van der Waals surface area contributed by atoms with E-state index in [2.05, 4.69) is 5.32 Å². The molecule has 0 spiro atoms. The Kier molecular flexibility index (Phi) is 5.96. The molecule has 1 amide bonds. The first kappa shape index (κ1) is 17.9. The van der Waals surface area contributed by atoms with Gasteiger partial charge in [-0.15, -0.1) is 0 Å². The summed E-state index contributed by atoms with van der Waals surface area (Å²) in [6, 6.07) is 0. The van der Waals surface area contributed by atoms with E-state index in [0.29, 0.717) is 5.57 Å². The smallest absolute Gasteiger partial charge is 0.267 e. The van der Waals surface area contributed by atoms with Crippen LogP contribution in [0.1, 0.15) is 41.5 Å². The Bertz CT molecular complexity index is 505. The Labute approximate surface area is 115 Å². The zero-order valence-electron chi connectivity index (χ0n) is 12.4. The van der Waals surface area contributed by atoms with E-state index in [0.717, 1.165) is 11.1 Å². The highest BCUT2D eigenvalue weighted by atomic mass is 32.2. The van der Waals surface area contributed by atoms with Crippen molar-refractivity contribution < 1.29 is 17.8 Å². The normalized spacial score (nSPS) is 11.7. The van der Waals surface area contributed by atoms with Gasteiger partial charge in [0.1, 0.15) is 0 Å². The molecule has 0 aromatic carbocycles. The van der Waals surface area contributed by atoms with Gasteiger partial charge in [0.25, 0.3) is 16.0 Å². The summed E-state index contributed by atoms with van der Waals surface area (Å²) in [5, 5.41) is 2.62. The van der Waals surface area contributed by atoms with Gasteiger partial charge in [-0.25, -0.2) is 0 Å². The Morgan fingerprint density at radius 1 is 1.21 bits per heavy atom. The van der Waals surface area contributed by atoms with Crippen LogP contribution < -0.4 is 5.32 Å². The molecule has 19 heavy (non-hydrogen) atoms. The number of amides is 1. The molecule has 0 unspecified atom stereocenters. The lowest BCUT2D eigenvalue weighted by atomic mass is 10.0. The molecular weight excluding hydrogens is 266 g/mol. The van der Waals surface area contributed by atoms with Crippen LogP contribution in [-0.4, -0.2) is 30.2 Å². The third kappa shape index (κ3) is 7.79. The number of rotatable bonds is 5. The Balaban J connectivity index is 5.15. The lowest BCUT2D eigenvalue weighted by Crippen LogP contribution is -2.48. The van der Waals surface area contributed by atoms with E-state index in [1.807, 2.05) is 27.7 Å². The lowest BCUT2D eigenvalue weighted by molar-refractivity contribution is -0.118. The van der Waals surface area contributed by atoms with Gasteiger partial charge in [-0.2, -0.15) is 8.42 Å². The molecule has 0 saturated heterocycles. The van der Waals surface area contributed by atoms with Crippen LogP contribution in [0.2, 0.25) is 0 Å². The van der Waals surface area contributed by atoms with E-state index in [4.69, 9.17) is 4.55 Å². The first-order valence-electron chi connectivity index (χ1n) is 5.94. The van der Waals surface area contributed by atoms with E-state index in [1.165, 1.54) is 0 Å². The minimum atomic E-state index is -4.14. The van der Waals surface area contributed by atoms with E-state index < -0.39 is 21.4 Å². The predicted octanol–water partition coefficient (Wildman–Crippen LogP) is 2.07. The molecule has 0 aliphatic heterocycles. The van der Waals surface area contributed by atoms with Crippen LogP contribution in [0.15, 0.2) is 22.8 Å². The average Bonchev–Trinajstić information content (AvgIpc) is 2.07. The molecule has 0 aliphatic carbocycles. The molecule has 0 heterocycles. The highest BCUT2D eigenvalue weighted by molar-refractivity contribution is 7.85. The standard InChI is InChI=1S/C13H23NO4S/c1-9(2)7-11(10(3)4)12(15)14-13(5,6)8-19(16,17)18/h7H,8H2,1-6H3,(H,14,15)(H,16,17,18). The highest BCUT2D eigenvalue weighted by Crippen LogP contribution is 2.12. The molecule has 2 N–H and O–H groups in total. The van der Waals surface area contributed by atoms with Crippen LogP contribution in [0, 0.1) is 0 Å². The Hall–Kier alpha value is -1.14. The fourth-order valence-corrected chi connectivity index (χ4v) is 2.58. The number of carbonyl (C=O) groups excluding carboxylic acids is 1. The maximum Gasteiger partial charge on any atom is 0.267 e. The van der Waals surface area contributed by atoms with Crippen LogP contribution in [-0.2, 0) is 14.9 Å². The van der Waals surface area contributed by atoms with Gasteiger partial charge in [-0.1, -0.05) is 17.2 Å². The van der Waals surface area contributed by atoms with E-state index >= 15 is 0 Å². The molecule has 0 aromatic heterocycles. The van der Waals surface area contributed by atoms with Crippen molar-refractivity contribution in [3.63, 3.8) is 0 Å². The van der Waals surface area contributed by atoms with Gasteiger partial charge in [0, 0.05) is 5.57 Å². The average molecular weight is 289 g/mol. The fraction of sp³-hybridized carbons (Fsp3) is 0.615. The van der Waals surface area contributed by atoms with E-state index in [9.17, 15) is 13.2 Å². The van der Waals surface area contributed by atoms with Gasteiger partial charge in [-0.05, 0) is 41.5 Å². The predicted molar refractivity (Wildman–Crippen MR) is 76.4 cm³/mol. The molecule has 0 aliphatic rings. The molecule has 0 atom stereocenters. The van der Waals surface area contributed by atoms with E-state index in [-0.39, 0.29) is 5.91 Å². The lowest BCUT2D eigenvalue weighted by Gasteiger charge is -2.25. The summed E-state index contributed by atoms with van der Waals surface area (Å²) < 4.78 is 30.6. The summed E-state index contributed by atoms with van der Waals surface area (Å²) in [4.78, 5) is 12.1. The van der Waals surface area contributed by atoms with Crippen molar-refractivity contribution in [1.82, 2.24) is 5.32 Å². The second kappa shape index (κ2) is 6.34. The number of carbonyl (C=O) groups is 1. The minimum Gasteiger partial charge on any atom is -0.346 e. The van der Waals surface area contributed by atoms with Crippen molar-refractivity contribution in [3.8, 4) is 0 Å². The third-order valence-corrected chi connectivity index (χ3v) is 3.30. The van der Waals surface area contributed by atoms with Gasteiger partial charge in [-0.3, -0.25) is 9.35 Å². The summed E-state index contributed by atoms with van der Waals surface area (Å²) in [6.45, 7) is 10.5. The van der Waals surface area contributed by atoms with E-state index in [1.54, 1.807) is 19.9 Å². The Morgan fingerprint density at radius 3 is 2.00 bits per heavy atom. The van der Waals surface area contributed by atoms with Crippen molar-refractivity contribution in [2.45, 2.75) is 47.1 Å². The van der Waals surface area contributed by atoms with Crippen molar-refractivity contribution in [2.24, 2.45) is 0 Å². The first-order chi connectivity index (χ1) is 8.34. The highest BCUT2D eigenvalue weighted by Gasteiger charge is 2.27. The molecule has 110 valence electrons. The topological polar surface area (TPSA) is 83.5 Å². The number of hydrogen-bond acceptors (Lipinski definition) is 3. The van der Waals surface area contributed by atoms with Gasteiger partial charge in [0.15, 0.2) is 0 Å². The summed E-state index contributed by atoms with van der Waals surface area (Å²) in [5.41, 5.74) is 1.27. The zero-order chi connectivity index (χ0) is 15.4. The maximum atomic E-state index is 12.1. The van der Waals surface area contributed by atoms with Crippen molar-refractivity contribution in [2.75, 3.05) is 5.75 Å². The molecule has 0 aromatic rings. The van der Waals surface area contributed by atoms with Crippen LogP contribution in [0.4, 0.5) is 0 Å². The van der Waals surface area contributed by atoms with Crippen molar-refractivity contribution in [3.05, 3.63) is 22.8 Å². The van der Waals surface area contributed by atoms with Crippen LogP contribution >= 0.6 is 0 Å². The molecule has 0 saturated carbocycles. The minimum absolute atomic E-state index is 0.352. The fourth-order valence-electron chi connectivity index (χ4n) is 1.59. The van der Waals surface area contributed by atoms with Crippen LogP contribution in [0.3, 0.4) is 0 Å². The number of nitrogens with one attached hydrogen (secondary N) is 1. The van der Waals surface area contributed by atoms with Gasteiger partial charge < -0.3 is 5.32 Å². The Morgan fingerprint density at radius 2 is 1.68 bits per heavy atom. The maximum absolute atomic E-state index is 12.1. The summed E-state index contributed by atoms with van der Waals surface area (Å²) >= 11 is 0. The molecular formula is C13H23NO4S. The number of hydrogen-bond donors (Lipinski definition) is 2. The van der Waals surface area contributed by atoms with Gasteiger partial charge >= 0.3 is 0 Å². The largest absolute Gasteiger partial charge is 0.346 e. The molecule has 6 heteroatoms. The summed E-state index contributed by atoms with van der Waals surface area (Å²) in [6.07, 6.45) is 1.74. The van der Waals surface area contributed by atoms with Crippen molar-refractivity contribution in [1.29, 1.82) is 0 Å². The zero-order valence-corrected chi connectivity index (χ0v) is 13.2. The molecule has 0 bridgehead atoms. The second-order valence-electron chi connectivity index (χ2n) is 5.70. The molecule has 0 fully saturated rings. The quantitative estimate of drug-likeness (QED) is 0.461. The second-order valence-corrected chi connectivity index (χ2v) is 7.15. The monoisotopic (exact) mass is 289 g/mol. The van der Waals surface area contributed by atoms with Crippen LogP contribution in [0.5, 0.6) is 0 Å². The van der Waals surface area contributed by atoms with Gasteiger partial charge in [0.05, 0.1) is 11.3 Å². The summed E-state index contributed by atoms with van der Waals surface area (Å²) in [5.74, 6) is -0.883. The summed E-state index contributed by atoms with van der Waals surface area (Å²) in [7, 11) is -4.14.